The molecule has 174 valence electrons. The molecular weight excluding hydrogens is 422 g/mol. The van der Waals surface area contributed by atoms with Crippen LogP contribution in [0.15, 0.2) is 36.4 Å². The molecule has 2 atom stereocenters. The number of hydrogen-bond acceptors (Lipinski definition) is 4. The molecule has 1 aliphatic heterocycles. The van der Waals surface area contributed by atoms with Crippen LogP contribution in [0.3, 0.4) is 0 Å². The predicted molar refractivity (Wildman–Crippen MR) is 128 cm³/mol. The van der Waals surface area contributed by atoms with E-state index in [-0.39, 0.29) is 24.0 Å². The summed E-state index contributed by atoms with van der Waals surface area (Å²) in [6.07, 6.45) is 9.84. The summed E-state index contributed by atoms with van der Waals surface area (Å²) in [5.41, 5.74) is 1.02. The van der Waals surface area contributed by atoms with E-state index in [9.17, 15) is 14.7 Å². The van der Waals surface area contributed by atoms with Crippen LogP contribution in [0.2, 0.25) is 0 Å². The van der Waals surface area contributed by atoms with Crippen LogP contribution < -0.4 is 0 Å². The van der Waals surface area contributed by atoms with Crippen molar-refractivity contribution in [2.24, 2.45) is 11.8 Å². The lowest BCUT2D eigenvalue weighted by molar-refractivity contribution is -0.145. The number of aliphatic carboxylic acids is 1. The van der Waals surface area contributed by atoms with Gasteiger partial charge in [0.15, 0.2) is 0 Å². The van der Waals surface area contributed by atoms with Gasteiger partial charge >= 0.3 is 5.97 Å². The summed E-state index contributed by atoms with van der Waals surface area (Å²) in [5.74, 6) is 0.00555. The van der Waals surface area contributed by atoms with Gasteiger partial charge in [-0.15, -0.1) is 11.8 Å². The third-order valence-electron chi connectivity index (χ3n) is 7.50. The van der Waals surface area contributed by atoms with Crippen molar-refractivity contribution in [3.05, 3.63) is 42.0 Å². The standard InChI is InChI=1S/C26H35NO4S/c1-17-8-10-19(11-9-17)25(28)27(20-12-14-21(31-2)15-13-20)22-16-23(32-24(22)26(29)30)18-6-4-3-5-7-18/h3-7,16-17,19-22,24H,8-15H2,1-2H3,(H,29,30). The van der Waals surface area contributed by atoms with Crippen LogP contribution in [-0.4, -0.2) is 52.4 Å². The highest BCUT2D eigenvalue weighted by molar-refractivity contribution is 8.09. The van der Waals surface area contributed by atoms with Crippen molar-refractivity contribution in [1.29, 1.82) is 0 Å². The second kappa shape index (κ2) is 10.4. The number of hydrogen-bond donors (Lipinski definition) is 1. The number of carbonyl (C=O) groups excluding carboxylic acids is 1. The van der Waals surface area contributed by atoms with Gasteiger partial charge in [-0.25, -0.2) is 0 Å². The summed E-state index contributed by atoms with van der Waals surface area (Å²) in [7, 11) is 1.75. The number of amides is 1. The Balaban J connectivity index is 1.64. The molecule has 6 heteroatoms. The molecule has 0 radical (unpaired) electrons. The number of benzene rings is 1. The molecule has 1 amide bonds. The molecule has 3 aliphatic rings. The Morgan fingerprint density at radius 3 is 2.25 bits per heavy atom. The Morgan fingerprint density at radius 1 is 1.00 bits per heavy atom. The molecule has 0 aromatic heterocycles. The summed E-state index contributed by atoms with van der Waals surface area (Å²) in [6.45, 7) is 2.26. The minimum Gasteiger partial charge on any atom is -0.480 e. The van der Waals surface area contributed by atoms with E-state index >= 15 is 0 Å². The molecule has 4 rings (SSSR count). The molecule has 5 nitrogen and oxygen atoms in total. The molecule has 0 saturated heterocycles. The SMILES string of the molecule is COC1CCC(N(C(=O)C2CCC(C)CC2)C2C=C(c3ccccc3)SC2C(=O)O)CC1. The fourth-order valence-corrected chi connectivity index (χ4v) is 6.74. The summed E-state index contributed by atoms with van der Waals surface area (Å²) < 4.78 is 5.55. The van der Waals surface area contributed by atoms with Crippen LogP contribution in [-0.2, 0) is 14.3 Å². The minimum absolute atomic E-state index is 0.0139. The topological polar surface area (TPSA) is 66.8 Å². The lowest BCUT2D eigenvalue weighted by Gasteiger charge is -2.43. The first-order chi connectivity index (χ1) is 15.5. The van der Waals surface area contributed by atoms with E-state index in [1.54, 1.807) is 7.11 Å². The van der Waals surface area contributed by atoms with Crippen LogP contribution in [0.5, 0.6) is 0 Å². The zero-order valence-corrected chi connectivity index (χ0v) is 19.9. The number of carbonyl (C=O) groups is 2. The summed E-state index contributed by atoms with van der Waals surface area (Å²) in [6, 6.07) is 9.59. The van der Waals surface area contributed by atoms with Gasteiger partial charge in [0.05, 0.1) is 12.1 Å². The first-order valence-electron chi connectivity index (χ1n) is 12.0. The lowest BCUT2D eigenvalue weighted by Crippen LogP contribution is -2.54. The van der Waals surface area contributed by atoms with Gasteiger partial charge in [-0.05, 0) is 68.9 Å². The average molecular weight is 458 g/mol. The molecule has 2 saturated carbocycles. The van der Waals surface area contributed by atoms with Crippen LogP contribution in [0.1, 0.15) is 63.9 Å². The quantitative estimate of drug-likeness (QED) is 0.635. The van der Waals surface area contributed by atoms with Gasteiger partial charge in [-0.1, -0.05) is 37.3 Å². The van der Waals surface area contributed by atoms with E-state index in [0.717, 1.165) is 61.8 Å². The second-order valence-corrected chi connectivity index (χ2v) is 10.8. The lowest BCUT2D eigenvalue weighted by atomic mass is 9.81. The van der Waals surface area contributed by atoms with Crippen LogP contribution in [0.4, 0.5) is 0 Å². The third kappa shape index (κ3) is 5.07. The monoisotopic (exact) mass is 457 g/mol. The Kier molecular flexibility index (Phi) is 7.62. The van der Waals surface area contributed by atoms with Gasteiger partial charge in [-0.2, -0.15) is 0 Å². The van der Waals surface area contributed by atoms with Crippen molar-refractivity contribution in [2.45, 2.75) is 81.7 Å². The number of rotatable bonds is 6. The van der Waals surface area contributed by atoms with Gasteiger partial charge in [-0.3, -0.25) is 9.59 Å². The number of ether oxygens (including phenoxy) is 1. The fourth-order valence-electron chi connectivity index (χ4n) is 5.52. The Labute approximate surface area is 195 Å². The molecule has 2 aliphatic carbocycles. The maximum atomic E-state index is 13.9. The molecule has 2 unspecified atom stereocenters. The van der Waals surface area contributed by atoms with Gasteiger partial charge in [0.25, 0.3) is 0 Å². The van der Waals surface area contributed by atoms with Crippen LogP contribution >= 0.6 is 11.8 Å². The Morgan fingerprint density at radius 2 is 1.66 bits per heavy atom. The van der Waals surface area contributed by atoms with E-state index in [1.165, 1.54) is 11.8 Å². The van der Waals surface area contributed by atoms with Gasteiger partial charge in [0.2, 0.25) is 5.91 Å². The number of thioether (sulfide) groups is 1. The molecule has 1 aromatic rings. The van der Waals surface area contributed by atoms with Crippen molar-refractivity contribution >= 4 is 28.5 Å². The highest BCUT2D eigenvalue weighted by Crippen LogP contribution is 2.44. The largest absolute Gasteiger partial charge is 0.480 e. The summed E-state index contributed by atoms with van der Waals surface area (Å²) in [5, 5.41) is 9.42. The maximum Gasteiger partial charge on any atom is 0.319 e. The number of nitrogens with zero attached hydrogens (tertiary/aromatic N) is 1. The highest BCUT2D eigenvalue weighted by Gasteiger charge is 2.45. The molecule has 1 aromatic carbocycles. The van der Waals surface area contributed by atoms with Gasteiger partial charge in [0, 0.05) is 24.0 Å². The van der Waals surface area contributed by atoms with E-state index in [2.05, 4.69) is 6.92 Å². The fraction of sp³-hybridized carbons (Fsp3) is 0.615. The van der Waals surface area contributed by atoms with E-state index in [1.807, 2.05) is 41.3 Å². The number of carboxylic acids is 1. The summed E-state index contributed by atoms with van der Waals surface area (Å²) >= 11 is 1.38. The third-order valence-corrected chi connectivity index (χ3v) is 8.86. The van der Waals surface area contributed by atoms with Crippen molar-refractivity contribution in [2.75, 3.05) is 7.11 Å². The van der Waals surface area contributed by atoms with Crippen molar-refractivity contribution < 1.29 is 19.4 Å². The molecule has 0 spiro atoms. The first kappa shape index (κ1) is 23.4. The molecule has 2 fully saturated rings. The minimum atomic E-state index is -0.845. The van der Waals surface area contributed by atoms with Crippen molar-refractivity contribution in [3.63, 3.8) is 0 Å². The van der Waals surface area contributed by atoms with Gasteiger partial charge in [0.1, 0.15) is 5.25 Å². The van der Waals surface area contributed by atoms with E-state index < -0.39 is 17.3 Å². The summed E-state index contributed by atoms with van der Waals surface area (Å²) in [4.78, 5) is 29.2. The zero-order valence-electron chi connectivity index (χ0n) is 19.1. The molecular formula is C26H35NO4S. The van der Waals surface area contributed by atoms with E-state index in [4.69, 9.17) is 4.74 Å². The first-order valence-corrected chi connectivity index (χ1v) is 12.9. The highest BCUT2D eigenvalue weighted by atomic mass is 32.2. The Hall–Kier alpha value is -1.79. The van der Waals surface area contributed by atoms with Crippen LogP contribution in [0.25, 0.3) is 4.91 Å². The second-order valence-electron chi connectivity index (χ2n) is 9.63. The van der Waals surface area contributed by atoms with E-state index in [0.29, 0.717) is 5.92 Å². The number of methoxy groups -OCH3 is 1. The average Bonchev–Trinajstić information content (AvgIpc) is 3.26. The van der Waals surface area contributed by atoms with Gasteiger partial charge < -0.3 is 14.7 Å². The molecule has 1 N–H and O–H groups in total. The molecule has 0 bridgehead atoms. The van der Waals surface area contributed by atoms with Crippen molar-refractivity contribution in [3.8, 4) is 0 Å². The Bertz CT molecular complexity index is 825. The molecule has 32 heavy (non-hydrogen) atoms. The van der Waals surface area contributed by atoms with Crippen molar-refractivity contribution in [1.82, 2.24) is 4.90 Å². The molecule has 1 heterocycles. The normalized spacial score (nSPS) is 32.9. The zero-order chi connectivity index (χ0) is 22.7. The van der Waals surface area contributed by atoms with Crippen LogP contribution in [0, 0.1) is 11.8 Å². The smallest absolute Gasteiger partial charge is 0.319 e. The number of carboxylic acid groups (broad SMARTS) is 1. The maximum absolute atomic E-state index is 13.9. The predicted octanol–water partition coefficient (Wildman–Crippen LogP) is 5.21.